The van der Waals surface area contributed by atoms with Gasteiger partial charge in [-0.3, -0.25) is 15.1 Å². The summed E-state index contributed by atoms with van der Waals surface area (Å²) in [6, 6.07) is 17.4. The third-order valence-electron chi connectivity index (χ3n) is 4.36. The van der Waals surface area contributed by atoms with E-state index in [1.807, 2.05) is 36.4 Å². The Bertz CT molecular complexity index is 985. The Labute approximate surface area is 169 Å². The predicted molar refractivity (Wildman–Crippen MR) is 113 cm³/mol. The van der Waals surface area contributed by atoms with E-state index in [1.165, 1.54) is 17.7 Å². The van der Waals surface area contributed by atoms with Gasteiger partial charge in [0.15, 0.2) is 0 Å². The summed E-state index contributed by atoms with van der Waals surface area (Å²) in [5.41, 5.74) is 2.88. The maximum Gasteiger partial charge on any atom is 0.260 e. The topological polar surface area (TPSA) is 66.4 Å². The van der Waals surface area contributed by atoms with Crippen molar-refractivity contribution in [2.75, 3.05) is 5.32 Å². The van der Waals surface area contributed by atoms with Crippen LogP contribution in [0.25, 0.3) is 0 Å². The summed E-state index contributed by atoms with van der Waals surface area (Å²) in [7, 11) is 0. The second-order valence-corrected chi connectivity index (χ2v) is 6.86. The molecule has 0 unspecified atom stereocenters. The number of amides is 1. The fourth-order valence-corrected chi connectivity index (χ4v) is 2.68. The number of aliphatic imine (C=N–C) groups is 1. The van der Waals surface area contributed by atoms with E-state index in [1.54, 1.807) is 24.5 Å². The summed E-state index contributed by atoms with van der Waals surface area (Å²) in [5, 5.41) is 5.79. The monoisotopic (exact) mass is 390 g/mol. The Kier molecular flexibility index (Phi) is 6.68. The Morgan fingerprint density at radius 3 is 2.38 bits per heavy atom. The van der Waals surface area contributed by atoms with Gasteiger partial charge < -0.3 is 5.32 Å². The normalized spacial score (nSPS) is 11.4. The number of carbonyl (C=O) groups is 1. The lowest BCUT2D eigenvalue weighted by Gasteiger charge is -2.13. The number of rotatable bonds is 5. The van der Waals surface area contributed by atoms with E-state index in [-0.39, 0.29) is 11.5 Å². The first-order valence-corrected chi connectivity index (χ1v) is 9.39. The fraction of sp³-hybridized carbons (Fsp3) is 0.174. The zero-order chi connectivity index (χ0) is 20.6. The number of pyridine rings is 1. The van der Waals surface area contributed by atoms with Crippen LogP contribution in [0.2, 0.25) is 0 Å². The molecule has 2 N–H and O–H groups in total. The molecule has 1 aromatic heterocycles. The first-order chi connectivity index (χ1) is 14.0. The van der Waals surface area contributed by atoms with E-state index in [2.05, 4.69) is 34.5 Å². The molecule has 1 heterocycles. The van der Waals surface area contributed by atoms with Crippen LogP contribution in [0.1, 0.15) is 41.3 Å². The van der Waals surface area contributed by atoms with Gasteiger partial charge in [0.25, 0.3) is 5.91 Å². The second-order valence-electron chi connectivity index (χ2n) is 6.86. The number of hydrogen-bond acceptors (Lipinski definition) is 3. The van der Waals surface area contributed by atoms with Crippen LogP contribution in [0.15, 0.2) is 78.0 Å². The van der Waals surface area contributed by atoms with Crippen LogP contribution in [-0.2, 0) is 6.54 Å². The zero-order valence-corrected chi connectivity index (χ0v) is 16.4. The van der Waals surface area contributed by atoms with Crippen LogP contribution in [0.4, 0.5) is 10.1 Å². The number of carbonyl (C=O) groups excluding carboxylic acids is 1. The average molecular weight is 390 g/mol. The van der Waals surface area contributed by atoms with Gasteiger partial charge in [-0.1, -0.05) is 38.1 Å². The van der Waals surface area contributed by atoms with E-state index in [0.29, 0.717) is 12.5 Å². The van der Waals surface area contributed by atoms with Crippen molar-refractivity contribution in [1.29, 1.82) is 0 Å². The third kappa shape index (κ3) is 5.72. The van der Waals surface area contributed by atoms with Crippen molar-refractivity contribution in [3.63, 3.8) is 0 Å². The number of benzene rings is 2. The van der Waals surface area contributed by atoms with Crippen LogP contribution in [0.5, 0.6) is 0 Å². The summed E-state index contributed by atoms with van der Waals surface area (Å²) in [6.45, 7) is 4.59. The van der Waals surface area contributed by atoms with Crippen LogP contribution >= 0.6 is 0 Å². The molecule has 0 aliphatic heterocycles. The molecule has 3 aromatic rings. The third-order valence-corrected chi connectivity index (χ3v) is 4.36. The molecule has 0 atom stereocenters. The standard InChI is InChI=1S/C23H23FN4O/c1-16(2)18-7-9-19(10-8-18)27-23(26-15-17-11-13-25-14-12-17)28-22(29)20-5-3-4-6-21(20)24/h3-14,16H,15H2,1-2H3,(H2,26,27,28,29). The molecule has 3 rings (SSSR count). The van der Waals surface area contributed by atoms with E-state index in [4.69, 9.17) is 0 Å². The highest BCUT2D eigenvalue weighted by Crippen LogP contribution is 2.17. The van der Waals surface area contributed by atoms with Gasteiger partial charge in [-0.15, -0.1) is 0 Å². The van der Waals surface area contributed by atoms with Gasteiger partial charge in [-0.2, -0.15) is 0 Å². The lowest BCUT2D eigenvalue weighted by molar-refractivity contribution is 0.0973. The van der Waals surface area contributed by atoms with Gasteiger partial charge in [0.05, 0.1) is 12.1 Å². The van der Waals surface area contributed by atoms with Crippen LogP contribution < -0.4 is 10.6 Å². The SMILES string of the molecule is CC(C)c1ccc(NC(=NCc2ccncc2)NC(=O)c2ccccc2F)cc1. The molecule has 0 fully saturated rings. The molecule has 29 heavy (non-hydrogen) atoms. The van der Waals surface area contributed by atoms with Crippen molar-refractivity contribution in [2.24, 2.45) is 4.99 Å². The first-order valence-electron chi connectivity index (χ1n) is 9.39. The predicted octanol–water partition coefficient (Wildman–Crippen LogP) is 4.74. The molecule has 0 aliphatic rings. The number of aromatic nitrogens is 1. The number of nitrogens with zero attached hydrogens (tertiary/aromatic N) is 2. The van der Waals surface area contributed by atoms with Crippen LogP contribution in [0.3, 0.4) is 0 Å². The average Bonchev–Trinajstić information content (AvgIpc) is 2.73. The van der Waals surface area contributed by atoms with Crippen molar-refractivity contribution in [3.05, 3.63) is 95.6 Å². The van der Waals surface area contributed by atoms with Crippen molar-refractivity contribution in [1.82, 2.24) is 10.3 Å². The van der Waals surface area contributed by atoms with Crippen molar-refractivity contribution in [2.45, 2.75) is 26.3 Å². The molecular formula is C23H23FN4O. The number of hydrogen-bond donors (Lipinski definition) is 2. The molecule has 0 saturated carbocycles. The molecule has 5 nitrogen and oxygen atoms in total. The molecule has 0 spiro atoms. The van der Waals surface area contributed by atoms with Gasteiger partial charge in [-0.05, 0) is 53.4 Å². The molecule has 148 valence electrons. The lowest BCUT2D eigenvalue weighted by atomic mass is 10.0. The van der Waals surface area contributed by atoms with Crippen molar-refractivity contribution >= 4 is 17.6 Å². The number of nitrogens with one attached hydrogen (secondary N) is 2. The molecular weight excluding hydrogens is 367 g/mol. The number of halogens is 1. The summed E-state index contributed by atoms with van der Waals surface area (Å²) in [5.74, 6) is -0.486. The molecule has 0 aliphatic carbocycles. The van der Waals surface area contributed by atoms with Gasteiger partial charge in [-0.25, -0.2) is 9.38 Å². The minimum atomic E-state index is -0.584. The lowest BCUT2D eigenvalue weighted by Crippen LogP contribution is -2.36. The van der Waals surface area contributed by atoms with Gasteiger partial charge in [0.1, 0.15) is 5.82 Å². The van der Waals surface area contributed by atoms with E-state index >= 15 is 0 Å². The van der Waals surface area contributed by atoms with Crippen molar-refractivity contribution in [3.8, 4) is 0 Å². The van der Waals surface area contributed by atoms with Crippen molar-refractivity contribution < 1.29 is 9.18 Å². The van der Waals surface area contributed by atoms with Gasteiger partial charge in [0, 0.05) is 18.1 Å². The molecule has 0 radical (unpaired) electrons. The second kappa shape index (κ2) is 9.59. The highest BCUT2D eigenvalue weighted by molar-refractivity contribution is 6.10. The largest absolute Gasteiger partial charge is 0.326 e. The Balaban J connectivity index is 1.81. The highest BCUT2D eigenvalue weighted by Gasteiger charge is 2.13. The quantitative estimate of drug-likeness (QED) is 0.488. The maximum absolute atomic E-state index is 14.0. The van der Waals surface area contributed by atoms with Crippen LogP contribution in [-0.4, -0.2) is 16.9 Å². The fourth-order valence-electron chi connectivity index (χ4n) is 2.68. The maximum atomic E-state index is 14.0. The van der Waals surface area contributed by atoms with E-state index in [9.17, 15) is 9.18 Å². The summed E-state index contributed by atoms with van der Waals surface area (Å²) in [4.78, 5) is 21.0. The number of guanidine groups is 1. The molecule has 0 bridgehead atoms. The molecule has 1 amide bonds. The summed E-state index contributed by atoms with van der Waals surface area (Å²) in [6.07, 6.45) is 3.36. The number of anilines is 1. The Morgan fingerprint density at radius 1 is 1.03 bits per heavy atom. The highest BCUT2D eigenvalue weighted by atomic mass is 19.1. The Morgan fingerprint density at radius 2 is 1.72 bits per heavy atom. The smallest absolute Gasteiger partial charge is 0.260 e. The minimum absolute atomic E-state index is 0.0407. The zero-order valence-electron chi connectivity index (χ0n) is 16.4. The summed E-state index contributed by atoms with van der Waals surface area (Å²) >= 11 is 0. The molecule has 0 saturated heterocycles. The Hall–Kier alpha value is -3.54. The summed E-state index contributed by atoms with van der Waals surface area (Å²) < 4.78 is 14.0. The van der Waals surface area contributed by atoms with Gasteiger partial charge in [0.2, 0.25) is 5.96 Å². The first kappa shape index (κ1) is 20.2. The van der Waals surface area contributed by atoms with Gasteiger partial charge >= 0.3 is 0 Å². The molecule has 2 aromatic carbocycles. The van der Waals surface area contributed by atoms with E-state index < -0.39 is 11.7 Å². The van der Waals surface area contributed by atoms with E-state index in [0.717, 1.165) is 11.3 Å². The molecule has 6 heteroatoms. The minimum Gasteiger partial charge on any atom is -0.326 e. The van der Waals surface area contributed by atoms with Crippen LogP contribution in [0, 0.1) is 5.82 Å².